The Morgan fingerprint density at radius 3 is 2.45 bits per heavy atom. The Bertz CT molecular complexity index is 563. The molecular formula is C15H25ClN2O3S. The smallest absolute Gasteiger partial charge is 0.243 e. The highest BCUT2D eigenvalue weighted by Crippen LogP contribution is 2.29. The van der Waals surface area contributed by atoms with Crippen molar-refractivity contribution in [2.75, 3.05) is 19.7 Å². The van der Waals surface area contributed by atoms with E-state index in [2.05, 4.69) is 0 Å². The third-order valence-corrected chi connectivity index (χ3v) is 5.84. The van der Waals surface area contributed by atoms with Crippen LogP contribution < -0.4 is 10.5 Å². The van der Waals surface area contributed by atoms with Gasteiger partial charge in [0.15, 0.2) is 0 Å². The molecule has 22 heavy (non-hydrogen) atoms. The fraction of sp³-hybridized carbons (Fsp3) is 0.600. The molecule has 7 heteroatoms. The molecule has 2 rings (SSSR count). The van der Waals surface area contributed by atoms with Crippen LogP contribution in [0.15, 0.2) is 29.2 Å². The van der Waals surface area contributed by atoms with Crippen LogP contribution in [0.2, 0.25) is 0 Å². The number of nitrogens with zero attached hydrogens (tertiary/aromatic N) is 1. The zero-order valence-electron chi connectivity index (χ0n) is 13.1. The van der Waals surface area contributed by atoms with Gasteiger partial charge < -0.3 is 10.5 Å². The van der Waals surface area contributed by atoms with Crippen LogP contribution in [0.3, 0.4) is 0 Å². The quantitative estimate of drug-likeness (QED) is 0.855. The second-order valence-electron chi connectivity index (χ2n) is 5.58. The first-order chi connectivity index (χ1) is 9.98. The molecule has 126 valence electrons. The van der Waals surface area contributed by atoms with E-state index in [9.17, 15) is 8.42 Å². The predicted molar refractivity (Wildman–Crippen MR) is 90.0 cm³/mol. The lowest BCUT2D eigenvalue weighted by Gasteiger charge is -2.21. The number of sulfonamides is 1. The molecule has 0 spiro atoms. The predicted octanol–water partition coefficient (Wildman–Crippen LogP) is 2.26. The minimum atomic E-state index is -3.45. The summed E-state index contributed by atoms with van der Waals surface area (Å²) in [6.45, 7) is 5.63. The van der Waals surface area contributed by atoms with Crippen molar-refractivity contribution < 1.29 is 13.2 Å². The van der Waals surface area contributed by atoms with E-state index in [1.165, 1.54) is 0 Å². The van der Waals surface area contributed by atoms with Crippen molar-refractivity contribution in [3.63, 3.8) is 0 Å². The summed E-state index contributed by atoms with van der Waals surface area (Å²) in [5.74, 6) is 0.951. The third kappa shape index (κ3) is 4.13. The first-order valence-corrected chi connectivity index (χ1v) is 8.87. The van der Waals surface area contributed by atoms with Gasteiger partial charge in [0, 0.05) is 12.6 Å². The molecule has 0 aliphatic carbocycles. The molecule has 0 amide bonds. The van der Waals surface area contributed by atoms with Crippen molar-refractivity contribution in [1.29, 1.82) is 0 Å². The van der Waals surface area contributed by atoms with Gasteiger partial charge in [-0.1, -0.05) is 6.92 Å². The highest BCUT2D eigenvalue weighted by Gasteiger charge is 2.37. The summed E-state index contributed by atoms with van der Waals surface area (Å²) in [5, 5.41) is 0. The SMILES string of the molecule is CCCOc1ccc(S(=O)(=O)N2CC(CN)CC2C)cc1.Cl. The number of benzene rings is 1. The highest BCUT2D eigenvalue weighted by molar-refractivity contribution is 7.89. The van der Waals surface area contributed by atoms with E-state index in [-0.39, 0.29) is 24.4 Å². The minimum absolute atomic E-state index is 0. The average Bonchev–Trinajstić information content (AvgIpc) is 2.87. The maximum Gasteiger partial charge on any atom is 0.243 e. The molecule has 0 aromatic heterocycles. The molecule has 1 aliphatic rings. The Morgan fingerprint density at radius 1 is 1.32 bits per heavy atom. The van der Waals surface area contributed by atoms with Crippen LogP contribution in [0, 0.1) is 5.92 Å². The van der Waals surface area contributed by atoms with Crippen molar-refractivity contribution in [2.24, 2.45) is 11.7 Å². The lowest BCUT2D eigenvalue weighted by atomic mass is 10.1. The van der Waals surface area contributed by atoms with E-state index in [0.29, 0.717) is 30.3 Å². The number of nitrogens with two attached hydrogens (primary N) is 1. The number of hydrogen-bond acceptors (Lipinski definition) is 4. The molecule has 0 bridgehead atoms. The Kier molecular flexibility index (Phi) is 7.12. The summed E-state index contributed by atoms with van der Waals surface area (Å²) in [6, 6.07) is 6.65. The normalized spacial score (nSPS) is 22.3. The number of ether oxygens (including phenoxy) is 1. The molecule has 1 aliphatic heterocycles. The summed E-state index contributed by atoms with van der Waals surface area (Å²) in [4.78, 5) is 0.316. The molecule has 2 N–H and O–H groups in total. The van der Waals surface area contributed by atoms with Crippen LogP contribution in [0.1, 0.15) is 26.7 Å². The highest BCUT2D eigenvalue weighted by atomic mass is 35.5. The Morgan fingerprint density at radius 2 is 1.95 bits per heavy atom. The first kappa shape index (κ1) is 19.2. The van der Waals surface area contributed by atoms with Crippen molar-refractivity contribution in [2.45, 2.75) is 37.6 Å². The van der Waals surface area contributed by atoms with E-state index in [4.69, 9.17) is 10.5 Å². The molecule has 2 atom stereocenters. The fourth-order valence-electron chi connectivity index (χ4n) is 2.68. The Hall–Kier alpha value is -0.820. The van der Waals surface area contributed by atoms with Gasteiger partial charge in [0.25, 0.3) is 0 Å². The van der Waals surface area contributed by atoms with Crippen molar-refractivity contribution >= 4 is 22.4 Å². The lowest BCUT2D eigenvalue weighted by Crippen LogP contribution is -2.34. The second kappa shape index (κ2) is 8.15. The van der Waals surface area contributed by atoms with Gasteiger partial charge in [0.2, 0.25) is 10.0 Å². The maximum atomic E-state index is 12.7. The molecule has 0 radical (unpaired) electrons. The van der Waals surface area contributed by atoms with Crippen molar-refractivity contribution in [3.8, 4) is 5.75 Å². The van der Waals surface area contributed by atoms with Crippen LogP contribution in [0.5, 0.6) is 5.75 Å². The molecule has 5 nitrogen and oxygen atoms in total. The van der Waals surface area contributed by atoms with Gasteiger partial charge in [-0.2, -0.15) is 4.31 Å². The van der Waals surface area contributed by atoms with E-state index in [0.717, 1.165) is 12.8 Å². The van der Waals surface area contributed by atoms with Crippen molar-refractivity contribution in [1.82, 2.24) is 4.31 Å². The fourth-order valence-corrected chi connectivity index (χ4v) is 4.40. The number of halogens is 1. The largest absolute Gasteiger partial charge is 0.494 e. The lowest BCUT2D eigenvalue weighted by molar-refractivity contribution is 0.317. The van der Waals surface area contributed by atoms with Gasteiger partial charge in [-0.3, -0.25) is 0 Å². The van der Waals surface area contributed by atoms with E-state index >= 15 is 0 Å². The monoisotopic (exact) mass is 348 g/mol. The third-order valence-electron chi connectivity index (χ3n) is 3.84. The molecule has 1 aromatic carbocycles. The van der Waals surface area contributed by atoms with Crippen LogP contribution in [0.25, 0.3) is 0 Å². The topological polar surface area (TPSA) is 72.6 Å². The molecular weight excluding hydrogens is 324 g/mol. The standard InChI is InChI=1S/C15H24N2O3S.ClH/c1-3-8-20-14-4-6-15(7-5-14)21(18,19)17-11-13(10-16)9-12(17)2;/h4-7,12-13H,3,8-11,16H2,1-2H3;1H. The van der Waals surface area contributed by atoms with Crippen LogP contribution in [-0.2, 0) is 10.0 Å². The zero-order valence-corrected chi connectivity index (χ0v) is 14.7. The van der Waals surface area contributed by atoms with Crippen LogP contribution in [0.4, 0.5) is 0 Å². The molecule has 1 fully saturated rings. The maximum absolute atomic E-state index is 12.7. The Labute approximate surface area is 139 Å². The summed E-state index contributed by atoms with van der Waals surface area (Å²) in [7, 11) is -3.45. The molecule has 1 aromatic rings. The number of rotatable bonds is 6. The van der Waals surface area contributed by atoms with Gasteiger partial charge in [-0.15, -0.1) is 12.4 Å². The van der Waals surface area contributed by atoms with Crippen LogP contribution >= 0.6 is 12.4 Å². The van der Waals surface area contributed by atoms with Gasteiger partial charge in [0.1, 0.15) is 5.75 Å². The molecule has 0 saturated carbocycles. The molecule has 1 heterocycles. The first-order valence-electron chi connectivity index (χ1n) is 7.43. The van der Waals surface area contributed by atoms with E-state index in [1.807, 2.05) is 13.8 Å². The minimum Gasteiger partial charge on any atom is -0.494 e. The molecule has 1 saturated heterocycles. The summed E-state index contributed by atoms with van der Waals surface area (Å²) >= 11 is 0. The van der Waals surface area contributed by atoms with Crippen LogP contribution in [-0.4, -0.2) is 38.5 Å². The second-order valence-corrected chi connectivity index (χ2v) is 7.47. The summed E-state index contributed by atoms with van der Waals surface area (Å²) < 4.78 is 32.4. The van der Waals surface area contributed by atoms with E-state index < -0.39 is 10.0 Å². The Balaban J connectivity index is 0.00000242. The van der Waals surface area contributed by atoms with Crippen molar-refractivity contribution in [3.05, 3.63) is 24.3 Å². The number of hydrogen-bond donors (Lipinski definition) is 1. The average molecular weight is 349 g/mol. The van der Waals surface area contributed by atoms with Gasteiger partial charge in [-0.25, -0.2) is 8.42 Å². The van der Waals surface area contributed by atoms with Gasteiger partial charge >= 0.3 is 0 Å². The zero-order chi connectivity index (χ0) is 15.5. The summed E-state index contributed by atoms with van der Waals surface area (Å²) in [6.07, 6.45) is 1.75. The van der Waals surface area contributed by atoms with Gasteiger partial charge in [0.05, 0.1) is 11.5 Å². The van der Waals surface area contributed by atoms with E-state index in [1.54, 1.807) is 28.6 Å². The molecule has 2 unspecified atom stereocenters. The van der Waals surface area contributed by atoms with Gasteiger partial charge in [-0.05, 0) is 56.5 Å². The summed E-state index contributed by atoms with van der Waals surface area (Å²) in [5.41, 5.74) is 5.67.